The third-order valence-corrected chi connectivity index (χ3v) is 7.88. The van der Waals surface area contributed by atoms with E-state index >= 15 is 0 Å². The van der Waals surface area contributed by atoms with Gasteiger partial charge in [-0.05, 0) is 72.3 Å². The predicted molar refractivity (Wildman–Crippen MR) is 170 cm³/mol. The third-order valence-electron chi connectivity index (χ3n) is 7.88. The van der Waals surface area contributed by atoms with Gasteiger partial charge >= 0.3 is 0 Å². The van der Waals surface area contributed by atoms with Crippen LogP contribution in [-0.2, 0) is 47.6 Å². The van der Waals surface area contributed by atoms with Crippen LogP contribution in [-0.4, -0.2) is 122 Å². The number of carbonyl (C=O) groups is 4. The molecule has 1 amide bonds. The second-order valence-electron chi connectivity index (χ2n) is 11.5. The first-order chi connectivity index (χ1) is 21.8. The average Bonchev–Trinajstić information content (AvgIpc) is 3.03. The molecule has 0 bridgehead atoms. The van der Waals surface area contributed by atoms with E-state index < -0.39 is 0 Å². The molecule has 12 heteroatoms. The van der Waals surface area contributed by atoms with Gasteiger partial charge in [0.25, 0.3) is 0 Å². The van der Waals surface area contributed by atoms with Crippen molar-refractivity contribution in [3.05, 3.63) is 0 Å². The van der Waals surface area contributed by atoms with Crippen molar-refractivity contribution in [2.45, 2.75) is 84.1 Å². The molecule has 0 aliphatic heterocycles. The summed E-state index contributed by atoms with van der Waals surface area (Å²) < 4.78 is 32.9. The van der Waals surface area contributed by atoms with Crippen LogP contribution in [0.25, 0.3) is 0 Å². The Balaban J connectivity index is 1.74. The number of rotatable bonds is 31. The molecular weight excluding hydrogens is 584 g/mol. The topological polar surface area (TPSA) is 148 Å². The largest absolute Gasteiger partial charge is 0.379 e. The summed E-state index contributed by atoms with van der Waals surface area (Å²) in [6.45, 7) is 9.40. The molecule has 1 saturated carbocycles. The summed E-state index contributed by atoms with van der Waals surface area (Å²) in [5.74, 6) is 0.924. The summed E-state index contributed by atoms with van der Waals surface area (Å²) in [7, 11) is 1.78. The lowest BCUT2D eigenvalue weighted by Gasteiger charge is -2.25. The maximum atomic E-state index is 12.3. The molecule has 262 valence electrons. The number of amides is 1. The minimum Gasteiger partial charge on any atom is -0.379 e. The molecule has 0 saturated heterocycles. The van der Waals surface area contributed by atoms with Crippen LogP contribution in [0.4, 0.5) is 0 Å². The summed E-state index contributed by atoms with van der Waals surface area (Å²) >= 11 is 0. The van der Waals surface area contributed by atoms with E-state index in [-0.39, 0.29) is 35.4 Å². The van der Waals surface area contributed by atoms with Crippen molar-refractivity contribution in [1.82, 2.24) is 10.6 Å². The lowest BCUT2D eigenvalue weighted by molar-refractivity contribution is -0.127. The van der Waals surface area contributed by atoms with E-state index in [1.807, 2.05) is 0 Å². The molecule has 0 heterocycles. The molecule has 0 radical (unpaired) electrons. The zero-order valence-electron chi connectivity index (χ0n) is 28.1. The molecule has 12 nitrogen and oxygen atoms in total. The second kappa shape index (κ2) is 28.4. The van der Waals surface area contributed by atoms with Gasteiger partial charge in [0.1, 0.15) is 17.3 Å². The Labute approximate surface area is 270 Å². The van der Waals surface area contributed by atoms with Crippen molar-refractivity contribution in [2.75, 3.05) is 92.9 Å². The summed E-state index contributed by atoms with van der Waals surface area (Å²) in [5, 5.41) is 5.87. The maximum Gasteiger partial charge on any atom is 0.222 e. The fourth-order valence-electron chi connectivity index (χ4n) is 5.08. The van der Waals surface area contributed by atoms with Crippen LogP contribution in [0.5, 0.6) is 0 Å². The van der Waals surface area contributed by atoms with Crippen molar-refractivity contribution in [2.24, 2.45) is 11.8 Å². The molecule has 1 rings (SSSR count). The molecule has 1 atom stereocenters. The van der Waals surface area contributed by atoms with Crippen molar-refractivity contribution in [1.29, 1.82) is 0 Å². The zero-order chi connectivity index (χ0) is 33.0. The number of carbonyl (C=O) groups excluding carboxylic acids is 4. The molecular formula is C33H60N2O10. The Bertz CT molecular complexity index is 789. The number of Topliss-reactive ketones (excluding diaryl/α,β-unsaturated/α-hetero) is 3. The molecule has 1 aliphatic rings. The Kier molecular flexibility index (Phi) is 26.0. The van der Waals surface area contributed by atoms with E-state index in [0.29, 0.717) is 104 Å². The minimum atomic E-state index is -0.106. The number of hydrogen-bond acceptors (Lipinski definition) is 11. The van der Waals surface area contributed by atoms with Gasteiger partial charge in [0.2, 0.25) is 5.91 Å². The third kappa shape index (κ3) is 23.2. The first kappa shape index (κ1) is 41.2. The van der Waals surface area contributed by atoms with Crippen LogP contribution in [0.2, 0.25) is 0 Å². The van der Waals surface area contributed by atoms with Crippen LogP contribution in [0.1, 0.15) is 78.1 Å². The van der Waals surface area contributed by atoms with Gasteiger partial charge in [0, 0.05) is 37.8 Å². The monoisotopic (exact) mass is 644 g/mol. The van der Waals surface area contributed by atoms with Crippen LogP contribution < -0.4 is 10.6 Å². The number of unbranched alkanes of at least 4 members (excludes halogenated alkanes) is 1. The molecule has 0 aromatic carbocycles. The lowest BCUT2D eigenvalue weighted by atomic mass is 9.78. The van der Waals surface area contributed by atoms with E-state index in [2.05, 4.69) is 10.6 Å². The summed E-state index contributed by atoms with van der Waals surface area (Å²) in [5.41, 5.74) is 0. The molecule has 45 heavy (non-hydrogen) atoms. The van der Waals surface area contributed by atoms with Gasteiger partial charge in [-0.15, -0.1) is 0 Å². The molecule has 0 aromatic heterocycles. The van der Waals surface area contributed by atoms with Crippen molar-refractivity contribution in [3.63, 3.8) is 0 Å². The zero-order valence-corrected chi connectivity index (χ0v) is 28.1. The quantitative estimate of drug-likeness (QED) is 0.107. The highest BCUT2D eigenvalue weighted by Gasteiger charge is 2.27. The van der Waals surface area contributed by atoms with Crippen LogP contribution >= 0.6 is 0 Å². The summed E-state index contributed by atoms with van der Waals surface area (Å²) in [6.07, 6.45) is 7.44. The van der Waals surface area contributed by atoms with Crippen molar-refractivity contribution in [3.8, 4) is 0 Å². The van der Waals surface area contributed by atoms with E-state index in [9.17, 15) is 19.2 Å². The number of nitrogens with one attached hydrogen (secondary N) is 2. The number of hydrogen-bond donors (Lipinski definition) is 2. The first-order valence-corrected chi connectivity index (χ1v) is 16.8. The number of likely N-dealkylation sites (N-methyl/N-ethyl adjacent to an activating group) is 1. The second-order valence-corrected chi connectivity index (χ2v) is 11.5. The van der Waals surface area contributed by atoms with Crippen molar-refractivity contribution < 1.29 is 47.6 Å². The highest BCUT2D eigenvalue weighted by atomic mass is 16.6. The van der Waals surface area contributed by atoms with Crippen LogP contribution in [0.15, 0.2) is 0 Å². The minimum absolute atomic E-state index is 0.0399. The first-order valence-electron chi connectivity index (χ1n) is 16.8. The van der Waals surface area contributed by atoms with Crippen LogP contribution in [0.3, 0.4) is 0 Å². The molecule has 1 aliphatic carbocycles. The Hall–Kier alpha value is -1.80. The van der Waals surface area contributed by atoms with Gasteiger partial charge in [-0.25, -0.2) is 0 Å². The summed E-state index contributed by atoms with van der Waals surface area (Å²) in [6, 6.07) is -0.106. The van der Waals surface area contributed by atoms with E-state index in [1.165, 1.54) is 0 Å². The van der Waals surface area contributed by atoms with Gasteiger partial charge in [-0.3, -0.25) is 19.2 Å². The van der Waals surface area contributed by atoms with E-state index in [4.69, 9.17) is 28.4 Å². The molecule has 2 N–H and O–H groups in total. The Morgan fingerprint density at radius 2 is 1.07 bits per heavy atom. The smallest absolute Gasteiger partial charge is 0.222 e. The van der Waals surface area contributed by atoms with Gasteiger partial charge in [-0.2, -0.15) is 0 Å². The molecule has 1 unspecified atom stereocenters. The molecule has 1 fully saturated rings. The Morgan fingerprint density at radius 3 is 1.53 bits per heavy atom. The molecule has 0 spiro atoms. The SMILES string of the molecule is CNC(CCCCNC(=O)CCOCCOCCOCCOCCOCCOCCCC(=O)C1CCC(C(C)=O)CC1)C(C)=O. The maximum absolute atomic E-state index is 12.3. The fourth-order valence-corrected chi connectivity index (χ4v) is 5.08. The van der Waals surface area contributed by atoms with E-state index in [1.54, 1.807) is 20.9 Å². The Morgan fingerprint density at radius 1 is 0.600 bits per heavy atom. The number of ether oxygens (including phenoxy) is 6. The predicted octanol–water partition coefficient (Wildman–Crippen LogP) is 2.68. The highest BCUT2D eigenvalue weighted by Crippen LogP contribution is 2.30. The number of ketones is 3. The van der Waals surface area contributed by atoms with E-state index in [0.717, 1.165) is 51.4 Å². The highest BCUT2D eigenvalue weighted by molar-refractivity contribution is 5.82. The van der Waals surface area contributed by atoms with Crippen LogP contribution in [0, 0.1) is 11.8 Å². The molecule has 0 aromatic rings. The van der Waals surface area contributed by atoms with Crippen molar-refractivity contribution >= 4 is 23.3 Å². The normalized spacial score (nSPS) is 17.2. The fraction of sp³-hybridized carbons (Fsp3) is 0.879. The summed E-state index contributed by atoms with van der Waals surface area (Å²) in [4.78, 5) is 47.0. The average molecular weight is 645 g/mol. The van der Waals surface area contributed by atoms with Gasteiger partial charge in [0.05, 0.1) is 78.7 Å². The van der Waals surface area contributed by atoms with Gasteiger partial charge in [-0.1, -0.05) is 0 Å². The standard InChI is InChI=1S/C33H60N2O10/c1-27(36)29-9-11-30(12-10-29)32(38)8-6-15-40-17-19-42-21-23-44-25-26-45-24-22-43-20-18-41-16-13-33(39)35-14-5-4-7-31(34-3)28(2)37/h29-31,34H,4-26H2,1-3H3,(H,35,39). The van der Waals surface area contributed by atoms with Gasteiger partial charge in [0.15, 0.2) is 0 Å². The lowest BCUT2D eigenvalue weighted by Crippen LogP contribution is -2.32. The van der Waals surface area contributed by atoms with Gasteiger partial charge < -0.3 is 39.1 Å².